The van der Waals surface area contributed by atoms with Gasteiger partial charge in [0.15, 0.2) is 0 Å². The molecular formula is C12H12Cl2N2O. The molecule has 1 heterocycles. The van der Waals surface area contributed by atoms with Crippen molar-refractivity contribution < 1.29 is 4.74 Å². The van der Waals surface area contributed by atoms with Gasteiger partial charge >= 0.3 is 0 Å². The average Bonchev–Trinajstić information content (AvgIpc) is 2.70. The topological polar surface area (TPSA) is 27.1 Å². The van der Waals surface area contributed by atoms with E-state index in [1.165, 1.54) is 0 Å². The first kappa shape index (κ1) is 12.3. The summed E-state index contributed by atoms with van der Waals surface area (Å²) in [6.07, 6.45) is 4.40. The number of nitrogens with zero attached hydrogens (tertiary/aromatic N) is 2. The van der Waals surface area contributed by atoms with E-state index < -0.39 is 0 Å². The van der Waals surface area contributed by atoms with Gasteiger partial charge < -0.3 is 9.30 Å². The van der Waals surface area contributed by atoms with E-state index in [9.17, 15) is 0 Å². The van der Waals surface area contributed by atoms with Crippen molar-refractivity contribution in [3.05, 3.63) is 46.5 Å². The molecule has 1 aromatic heterocycles. The van der Waals surface area contributed by atoms with E-state index in [1.807, 2.05) is 17.8 Å². The number of rotatable bonds is 4. The van der Waals surface area contributed by atoms with Gasteiger partial charge in [0.05, 0.1) is 11.6 Å². The first-order valence-electron chi connectivity index (χ1n) is 5.21. The molecule has 1 aromatic carbocycles. The van der Waals surface area contributed by atoms with E-state index in [0.717, 1.165) is 12.2 Å². The first-order valence-corrected chi connectivity index (χ1v) is 5.96. The van der Waals surface area contributed by atoms with E-state index in [2.05, 4.69) is 4.98 Å². The quantitative estimate of drug-likeness (QED) is 0.852. The molecule has 0 aliphatic carbocycles. The van der Waals surface area contributed by atoms with E-state index in [0.29, 0.717) is 22.4 Å². The number of imidazole rings is 1. The highest BCUT2D eigenvalue weighted by Crippen LogP contribution is 2.27. The second-order valence-corrected chi connectivity index (χ2v) is 4.47. The number of halogens is 2. The summed E-state index contributed by atoms with van der Waals surface area (Å²) in [6, 6.07) is 5.16. The Morgan fingerprint density at radius 3 is 2.88 bits per heavy atom. The van der Waals surface area contributed by atoms with Gasteiger partial charge in [0, 0.05) is 37.0 Å². The summed E-state index contributed by atoms with van der Waals surface area (Å²) in [5.74, 6) is 1.58. The van der Waals surface area contributed by atoms with Gasteiger partial charge in [-0.05, 0) is 12.1 Å². The molecule has 0 atom stereocenters. The van der Waals surface area contributed by atoms with Crippen molar-refractivity contribution in [1.29, 1.82) is 0 Å². The van der Waals surface area contributed by atoms with E-state index >= 15 is 0 Å². The average molecular weight is 271 g/mol. The Labute approximate surface area is 110 Å². The Balaban J connectivity index is 1.94. The molecule has 5 heteroatoms. The van der Waals surface area contributed by atoms with Gasteiger partial charge in [0.1, 0.15) is 11.6 Å². The molecular weight excluding hydrogens is 259 g/mol. The fourth-order valence-electron chi connectivity index (χ4n) is 1.48. The normalized spacial score (nSPS) is 10.5. The summed E-state index contributed by atoms with van der Waals surface area (Å²) in [6.45, 7) is 0.519. The minimum absolute atomic E-state index is 0.519. The number of hydrogen-bond acceptors (Lipinski definition) is 2. The van der Waals surface area contributed by atoms with Gasteiger partial charge in [-0.3, -0.25) is 0 Å². The van der Waals surface area contributed by atoms with Crippen LogP contribution in [0.3, 0.4) is 0 Å². The third kappa shape index (κ3) is 3.14. The monoisotopic (exact) mass is 270 g/mol. The minimum atomic E-state index is 0.519. The lowest BCUT2D eigenvalue weighted by molar-refractivity contribution is 0.318. The molecule has 0 bridgehead atoms. The Hall–Kier alpha value is -1.19. The zero-order chi connectivity index (χ0) is 12.3. The van der Waals surface area contributed by atoms with E-state index in [4.69, 9.17) is 27.9 Å². The van der Waals surface area contributed by atoms with Crippen molar-refractivity contribution in [2.24, 2.45) is 7.05 Å². The molecule has 90 valence electrons. The van der Waals surface area contributed by atoms with Gasteiger partial charge in [0.25, 0.3) is 0 Å². The van der Waals surface area contributed by atoms with Crippen LogP contribution in [0.5, 0.6) is 5.75 Å². The van der Waals surface area contributed by atoms with Crippen molar-refractivity contribution in [2.45, 2.75) is 6.42 Å². The zero-order valence-electron chi connectivity index (χ0n) is 9.36. The fraction of sp³-hybridized carbons (Fsp3) is 0.250. The second kappa shape index (κ2) is 5.43. The molecule has 0 aliphatic heterocycles. The third-order valence-electron chi connectivity index (χ3n) is 2.40. The number of ether oxygens (including phenoxy) is 1. The van der Waals surface area contributed by atoms with Crippen molar-refractivity contribution in [3.8, 4) is 5.75 Å². The summed E-state index contributed by atoms with van der Waals surface area (Å²) in [5, 5.41) is 1.18. The lowest BCUT2D eigenvalue weighted by atomic mass is 10.3. The lowest BCUT2D eigenvalue weighted by Crippen LogP contribution is -2.06. The Bertz CT molecular complexity index is 511. The Kier molecular flexibility index (Phi) is 3.92. The van der Waals surface area contributed by atoms with Crippen LogP contribution in [0.2, 0.25) is 10.0 Å². The molecule has 0 saturated carbocycles. The molecule has 2 rings (SSSR count). The molecule has 0 saturated heterocycles. The maximum absolute atomic E-state index is 5.98. The smallest absolute Gasteiger partial charge is 0.139 e. The zero-order valence-corrected chi connectivity index (χ0v) is 10.9. The summed E-state index contributed by atoms with van der Waals surface area (Å²) in [4.78, 5) is 4.21. The first-order chi connectivity index (χ1) is 8.16. The maximum atomic E-state index is 5.98. The minimum Gasteiger partial charge on any atom is -0.492 e. The van der Waals surface area contributed by atoms with Crippen molar-refractivity contribution in [2.75, 3.05) is 6.61 Å². The molecule has 0 spiro atoms. The Morgan fingerprint density at radius 1 is 1.35 bits per heavy atom. The van der Waals surface area contributed by atoms with Crippen LogP contribution in [0.25, 0.3) is 0 Å². The molecule has 0 N–H and O–H groups in total. The number of benzene rings is 1. The second-order valence-electron chi connectivity index (χ2n) is 3.63. The Morgan fingerprint density at radius 2 is 2.18 bits per heavy atom. The van der Waals surface area contributed by atoms with Gasteiger partial charge in [-0.15, -0.1) is 0 Å². The lowest BCUT2D eigenvalue weighted by Gasteiger charge is -2.08. The highest BCUT2D eigenvalue weighted by atomic mass is 35.5. The highest BCUT2D eigenvalue weighted by Gasteiger charge is 2.04. The highest BCUT2D eigenvalue weighted by molar-refractivity contribution is 6.34. The van der Waals surface area contributed by atoms with E-state index in [-0.39, 0.29) is 0 Å². The molecule has 0 aliphatic rings. The van der Waals surface area contributed by atoms with Crippen LogP contribution in [0, 0.1) is 0 Å². The van der Waals surface area contributed by atoms with Crippen LogP contribution < -0.4 is 4.74 Å². The molecule has 2 aromatic rings. The van der Waals surface area contributed by atoms with Gasteiger partial charge in [-0.2, -0.15) is 0 Å². The molecule has 0 amide bonds. The van der Waals surface area contributed by atoms with Crippen LogP contribution in [-0.4, -0.2) is 16.2 Å². The van der Waals surface area contributed by atoms with Crippen LogP contribution >= 0.6 is 23.2 Å². The van der Waals surface area contributed by atoms with Crippen molar-refractivity contribution in [1.82, 2.24) is 9.55 Å². The number of aryl methyl sites for hydroxylation is 1. The molecule has 0 fully saturated rings. The summed E-state index contributed by atoms with van der Waals surface area (Å²) >= 11 is 11.8. The molecule has 0 unspecified atom stereocenters. The van der Waals surface area contributed by atoms with E-state index in [1.54, 1.807) is 24.4 Å². The summed E-state index contributed by atoms with van der Waals surface area (Å²) in [5.41, 5.74) is 0. The van der Waals surface area contributed by atoms with Gasteiger partial charge in [-0.1, -0.05) is 23.2 Å². The van der Waals surface area contributed by atoms with Gasteiger partial charge in [0.2, 0.25) is 0 Å². The fourth-order valence-corrected chi connectivity index (χ4v) is 1.81. The van der Waals surface area contributed by atoms with Crippen LogP contribution in [-0.2, 0) is 13.5 Å². The number of hydrogen-bond donors (Lipinski definition) is 0. The number of aromatic nitrogens is 2. The van der Waals surface area contributed by atoms with Crippen molar-refractivity contribution >= 4 is 23.2 Å². The standard InChI is InChI=1S/C12H12Cl2N2O/c1-16-6-5-15-12(16)4-7-17-11-8-9(13)2-3-10(11)14/h2-3,5-6,8H,4,7H2,1H3. The van der Waals surface area contributed by atoms with Crippen LogP contribution in [0.4, 0.5) is 0 Å². The predicted octanol–water partition coefficient (Wildman–Crippen LogP) is 3.35. The SMILES string of the molecule is Cn1ccnc1CCOc1cc(Cl)ccc1Cl. The van der Waals surface area contributed by atoms with Crippen molar-refractivity contribution in [3.63, 3.8) is 0 Å². The molecule has 17 heavy (non-hydrogen) atoms. The van der Waals surface area contributed by atoms with Crippen LogP contribution in [0.15, 0.2) is 30.6 Å². The van der Waals surface area contributed by atoms with Gasteiger partial charge in [-0.25, -0.2) is 4.98 Å². The summed E-state index contributed by atoms with van der Waals surface area (Å²) in [7, 11) is 1.95. The summed E-state index contributed by atoms with van der Waals surface area (Å²) < 4.78 is 7.54. The largest absolute Gasteiger partial charge is 0.492 e. The molecule has 3 nitrogen and oxygen atoms in total. The predicted molar refractivity (Wildman–Crippen MR) is 68.9 cm³/mol. The molecule has 0 radical (unpaired) electrons. The van der Waals surface area contributed by atoms with Crippen LogP contribution in [0.1, 0.15) is 5.82 Å². The third-order valence-corrected chi connectivity index (χ3v) is 2.94. The maximum Gasteiger partial charge on any atom is 0.139 e.